The molecule has 0 radical (unpaired) electrons. The molecule has 17 heavy (non-hydrogen) atoms. The van der Waals surface area contributed by atoms with E-state index >= 15 is 0 Å². The molecule has 0 unspecified atom stereocenters. The third-order valence-corrected chi connectivity index (χ3v) is 2.10. The Morgan fingerprint density at radius 1 is 1.47 bits per heavy atom. The van der Waals surface area contributed by atoms with Crippen LogP contribution in [0.15, 0.2) is 18.2 Å². The molecule has 0 aliphatic rings. The second kappa shape index (κ2) is 6.05. The molecule has 1 aromatic rings. The number of hydrogen-bond acceptors (Lipinski definition) is 3. The molecule has 0 aromatic heterocycles. The molecule has 0 spiro atoms. The van der Waals surface area contributed by atoms with Crippen molar-refractivity contribution in [2.45, 2.75) is 6.42 Å². The summed E-state index contributed by atoms with van der Waals surface area (Å²) in [6.45, 7) is 0.683. The van der Waals surface area contributed by atoms with E-state index in [0.717, 1.165) is 6.07 Å². The first-order chi connectivity index (χ1) is 8.06. The van der Waals surface area contributed by atoms with Crippen LogP contribution in [0.1, 0.15) is 12.0 Å². The van der Waals surface area contributed by atoms with Crippen LogP contribution in [0.4, 0.5) is 14.5 Å². The average Bonchev–Trinajstić information content (AvgIpc) is 2.22. The normalized spacial score (nSPS) is 11.0. The van der Waals surface area contributed by atoms with Crippen molar-refractivity contribution in [2.75, 3.05) is 13.6 Å². The molecule has 92 valence electrons. The van der Waals surface area contributed by atoms with Gasteiger partial charge in [-0.15, -0.1) is 0 Å². The fourth-order valence-corrected chi connectivity index (χ4v) is 1.34. The highest BCUT2D eigenvalue weighted by molar-refractivity contribution is 5.61. The first-order valence-electron chi connectivity index (χ1n) is 5.01. The largest absolute Gasteiger partial charge is 0.319 e. The van der Waals surface area contributed by atoms with E-state index in [1.54, 1.807) is 13.1 Å². The second-order valence-corrected chi connectivity index (χ2v) is 3.38. The van der Waals surface area contributed by atoms with Gasteiger partial charge in [-0.3, -0.25) is 10.1 Å². The van der Waals surface area contributed by atoms with Crippen LogP contribution >= 0.6 is 0 Å². The standard InChI is InChI=1S/C11H12F2N2O2/c1-14-5-3-2-4-8-6-9(12)7-10(13)11(8)15(16)17/h2,4,6-7,14H,3,5H2,1H3. The van der Waals surface area contributed by atoms with E-state index in [1.165, 1.54) is 6.08 Å². The molecule has 6 heteroatoms. The molecule has 0 saturated carbocycles. The molecule has 0 fully saturated rings. The van der Waals surface area contributed by atoms with Gasteiger partial charge >= 0.3 is 5.69 Å². The Morgan fingerprint density at radius 2 is 2.18 bits per heavy atom. The lowest BCUT2D eigenvalue weighted by Gasteiger charge is -2.00. The number of hydrogen-bond donors (Lipinski definition) is 1. The number of nitrogens with one attached hydrogen (secondary N) is 1. The van der Waals surface area contributed by atoms with E-state index in [-0.39, 0.29) is 5.56 Å². The van der Waals surface area contributed by atoms with Crippen LogP contribution in [-0.2, 0) is 0 Å². The third-order valence-electron chi connectivity index (χ3n) is 2.10. The molecule has 1 rings (SSSR count). The molecule has 4 nitrogen and oxygen atoms in total. The van der Waals surface area contributed by atoms with Gasteiger partial charge in [0, 0.05) is 6.07 Å². The smallest absolute Gasteiger partial charge is 0.312 e. The fraction of sp³-hybridized carbons (Fsp3) is 0.273. The Hall–Kier alpha value is -1.82. The van der Waals surface area contributed by atoms with Gasteiger partial charge in [0.1, 0.15) is 5.82 Å². The SMILES string of the molecule is CNCCC=Cc1cc(F)cc(F)c1[N+](=O)[O-]. The number of nitro benzene ring substituents is 1. The lowest BCUT2D eigenvalue weighted by atomic mass is 10.1. The molecule has 0 amide bonds. The highest BCUT2D eigenvalue weighted by atomic mass is 19.1. The topological polar surface area (TPSA) is 55.2 Å². The summed E-state index contributed by atoms with van der Waals surface area (Å²) < 4.78 is 26.1. The van der Waals surface area contributed by atoms with Crippen LogP contribution in [0.3, 0.4) is 0 Å². The number of nitrogens with zero attached hydrogens (tertiary/aromatic N) is 1. The zero-order valence-corrected chi connectivity index (χ0v) is 9.24. The van der Waals surface area contributed by atoms with Gasteiger partial charge in [-0.1, -0.05) is 12.2 Å². The van der Waals surface area contributed by atoms with Crippen LogP contribution < -0.4 is 5.32 Å². The number of benzene rings is 1. The van der Waals surface area contributed by atoms with Crippen molar-refractivity contribution in [3.63, 3.8) is 0 Å². The van der Waals surface area contributed by atoms with Crippen LogP contribution in [0, 0.1) is 21.7 Å². The summed E-state index contributed by atoms with van der Waals surface area (Å²) in [6.07, 6.45) is 3.59. The maximum atomic E-state index is 13.2. The minimum atomic E-state index is -1.16. The van der Waals surface area contributed by atoms with Gasteiger partial charge in [-0.25, -0.2) is 4.39 Å². The summed E-state index contributed by atoms with van der Waals surface area (Å²) in [5.74, 6) is -2.00. The van der Waals surface area contributed by atoms with Crippen molar-refractivity contribution in [2.24, 2.45) is 0 Å². The average molecular weight is 242 g/mol. The van der Waals surface area contributed by atoms with E-state index in [2.05, 4.69) is 5.32 Å². The summed E-state index contributed by atoms with van der Waals surface area (Å²) in [7, 11) is 1.76. The molecule has 0 aliphatic heterocycles. The minimum absolute atomic E-state index is 0.0661. The van der Waals surface area contributed by atoms with Crippen molar-refractivity contribution in [3.05, 3.63) is 45.5 Å². The van der Waals surface area contributed by atoms with E-state index in [4.69, 9.17) is 0 Å². The first-order valence-corrected chi connectivity index (χ1v) is 5.01. The molecular weight excluding hydrogens is 230 g/mol. The summed E-state index contributed by atoms with van der Waals surface area (Å²) >= 11 is 0. The number of nitro groups is 1. The first kappa shape index (κ1) is 13.2. The highest BCUT2D eigenvalue weighted by Gasteiger charge is 2.19. The predicted octanol–water partition coefficient (Wildman–Crippen LogP) is 2.50. The Morgan fingerprint density at radius 3 is 2.76 bits per heavy atom. The fourth-order valence-electron chi connectivity index (χ4n) is 1.34. The van der Waals surface area contributed by atoms with Crippen molar-refractivity contribution in [3.8, 4) is 0 Å². The molecule has 0 saturated heterocycles. The monoisotopic (exact) mass is 242 g/mol. The molecule has 0 bridgehead atoms. The Labute approximate surface area is 97.1 Å². The van der Waals surface area contributed by atoms with Crippen molar-refractivity contribution in [1.29, 1.82) is 0 Å². The highest BCUT2D eigenvalue weighted by Crippen LogP contribution is 2.25. The zero-order valence-electron chi connectivity index (χ0n) is 9.24. The molecule has 0 aliphatic carbocycles. The second-order valence-electron chi connectivity index (χ2n) is 3.38. The van der Waals surface area contributed by atoms with E-state index in [9.17, 15) is 18.9 Å². The zero-order chi connectivity index (χ0) is 12.8. The van der Waals surface area contributed by atoms with Gasteiger partial charge < -0.3 is 5.32 Å². The van der Waals surface area contributed by atoms with Gasteiger partial charge in [0.05, 0.1) is 10.5 Å². The summed E-state index contributed by atoms with van der Waals surface area (Å²) in [4.78, 5) is 9.78. The predicted molar refractivity (Wildman–Crippen MR) is 60.6 cm³/mol. The maximum Gasteiger partial charge on any atom is 0.312 e. The molecule has 1 N–H and O–H groups in total. The molecular formula is C11H12F2N2O2. The van der Waals surface area contributed by atoms with Crippen LogP contribution in [0.25, 0.3) is 6.08 Å². The molecule has 0 atom stereocenters. The van der Waals surface area contributed by atoms with Crippen molar-refractivity contribution in [1.82, 2.24) is 5.32 Å². The van der Waals surface area contributed by atoms with Crippen molar-refractivity contribution >= 4 is 11.8 Å². The summed E-state index contributed by atoms with van der Waals surface area (Å²) in [6, 6.07) is 1.44. The van der Waals surface area contributed by atoms with Gasteiger partial charge in [-0.2, -0.15) is 4.39 Å². The van der Waals surface area contributed by atoms with Gasteiger partial charge in [0.2, 0.25) is 5.82 Å². The van der Waals surface area contributed by atoms with E-state index in [0.29, 0.717) is 19.0 Å². The van der Waals surface area contributed by atoms with Crippen molar-refractivity contribution < 1.29 is 13.7 Å². The summed E-state index contributed by atoms with van der Waals surface area (Å²) in [5.41, 5.74) is -0.768. The van der Waals surface area contributed by atoms with Gasteiger partial charge in [-0.05, 0) is 26.1 Å². The third kappa shape index (κ3) is 3.60. The molecule has 1 aromatic carbocycles. The Kier molecular flexibility index (Phi) is 4.71. The van der Waals surface area contributed by atoms with Crippen LogP contribution in [0.5, 0.6) is 0 Å². The van der Waals surface area contributed by atoms with Gasteiger partial charge in [0.25, 0.3) is 0 Å². The Balaban J connectivity index is 3.04. The Bertz CT molecular complexity index is 447. The minimum Gasteiger partial charge on any atom is -0.319 e. The number of halogens is 2. The maximum absolute atomic E-state index is 13.2. The lowest BCUT2D eigenvalue weighted by molar-refractivity contribution is -0.387. The van der Waals surface area contributed by atoms with Gasteiger partial charge in [0.15, 0.2) is 0 Å². The van der Waals surface area contributed by atoms with E-state index in [1.807, 2.05) is 0 Å². The summed E-state index contributed by atoms with van der Waals surface area (Å²) in [5, 5.41) is 13.5. The van der Waals surface area contributed by atoms with Crippen LogP contribution in [-0.4, -0.2) is 18.5 Å². The quantitative estimate of drug-likeness (QED) is 0.490. The molecule has 0 heterocycles. The van der Waals surface area contributed by atoms with E-state index < -0.39 is 22.2 Å². The number of rotatable bonds is 5. The van der Waals surface area contributed by atoms with Crippen LogP contribution in [0.2, 0.25) is 0 Å². The lowest BCUT2D eigenvalue weighted by Crippen LogP contribution is -2.05.